The molecular weight excluding hydrogens is 384 g/mol. The average Bonchev–Trinajstić information content (AvgIpc) is 3.10. The molecule has 0 aliphatic heterocycles. The minimum absolute atomic E-state index is 0.223. The zero-order valence-corrected chi connectivity index (χ0v) is 16.1. The van der Waals surface area contributed by atoms with E-state index in [1.807, 2.05) is 37.3 Å². The largest absolute Gasteiger partial charge is 0.325 e. The van der Waals surface area contributed by atoms with Crippen LogP contribution in [0.15, 0.2) is 47.6 Å². The summed E-state index contributed by atoms with van der Waals surface area (Å²) in [7, 11) is 0. The third-order valence-electron chi connectivity index (χ3n) is 3.73. The first-order valence-electron chi connectivity index (χ1n) is 8.00. The molecule has 0 spiro atoms. The first kappa shape index (κ1) is 18.9. The van der Waals surface area contributed by atoms with Crippen molar-refractivity contribution in [1.29, 1.82) is 5.26 Å². The Morgan fingerprint density at radius 1 is 1.30 bits per heavy atom. The monoisotopic (exact) mass is 398 g/mol. The zero-order chi connectivity index (χ0) is 19.4. The minimum atomic E-state index is -0.449. The van der Waals surface area contributed by atoms with Crippen LogP contribution >= 0.6 is 23.4 Å². The van der Waals surface area contributed by atoms with Crippen molar-refractivity contribution < 1.29 is 4.79 Å². The summed E-state index contributed by atoms with van der Waals surface area (Å²) in [6, 6.07) is 14.5. The molecule has 1 unspecified atom stereocenters. The number of nitriles is 1. The number of halogens is 1. The third-order valence-corrected chi connectivity index (χ3v) is 5.07. The van der Waals surface area contributed by atoms with Gasteiger partial charge in [0.2, 0.25) is 11.1 Å². The summed E-state index contributed by atoms with van der Waals surface area (Å²) < 4.78 is 1.59. The van der Waals surface area contributed by atoms with Crippen LogP contribution in [0.2, 0.25) is 5.02 Å². The molecule has 3 rings (SSSR count). The summed E-state index contributed by atoms with van der Waals surface area (Å²) in [5, 5.41) is 23.8. The van der Waals surface area contributed by atoms with Gasteiger partial charge in [0.1, 0.15) is 6.07 Å². The van der Waals surface area contributed by atoms with Crippen molar-refractivity contribution in [2.45, 2.75) is 24.3 Å². The molecule has 0 saturated carbocycles. The number of nitrogens with zero attached hydrogens (tertiary/aromatic N) is 5. The molecular formula is C18H15ClN6OS. The molecule has 0 bridgehead atoms. The number of hydrogen-bond donors (Lipinski definition) is 1. The fourth-order valence-electron chi connectivity index (χ4n) is 2.24. The molecule has 1 aromatic heterocycles. The Balaban J connectivity index is 1.71. The summed E-state index contributed by atoms with van der Waals surface area (Å²) in [5.74, 6) is -0.223. The first-order valence-corrected chi connectivity index (χ1v) is 9.26. The predicted molar refractivity (Wildman–Crippen MR) is 104 cm³/mol. The van der Waals surface area contributed by atoms with E-state index < -0.39 is 5.25 Å². The van der Waals surface area contributed by atoms with Crippen molar-refractivity contribution in [3.05, 3.63) is 58.6 Å². The van der Waals surface area contributed by atoms with Gasteiger partial charge >= 0.3 is 0 Å². The number of nitrogens with one attached hydrogen (secondary N) is 1. The van der Waals surface area contributed by atoms with Crippen LogP contribution in [0.4, 0.5) is 5.69 Å². The Kier molecular flexibility index (Phi) is 5.74. The van der Waals surface area contributed by atoms with Crippen molar-refractivity contribution >= 4 is 35.0 Å². The molecule has 1 atom stereocenters. The van der Waals surface area contributed by atoms with Crippen molar-refractivity contribution in [2.75, 3.05) is 5.32 Å². The van der Waals surface area contributed by atoms with Crippen LogP contribution in [0.1, 0.15) is 18.1 Å². The number of carbonyl (C=O) groups excluding carboxylic acids is 1. The van der Waals surface area contributed by atoms with Gasteiger partial charge in [0.05, 0.1) is 21.5 Å². The summed E-state index contributed by atoms with van der Waals surface area (Å²) in [5.41, 5.74) is 2.83. The summed E-state index contributed by atoms with van der Waals surface area (Å²) in [6.45, 7) is 3.76. The number of benzene rings is 2. The van der Waals surface area contributed by atoms with Crippen molar-refractivity contribution in [3.8, 4) is 11.8 Å². The number of amides is 1. The van der Waals surface area contributed by atoms with Crippen LogP contribution in [0.3, 0.4) is 0 Å². The normalized spacial score (nSPS) is 11.6. The first-order chi connectivity index (χ1) is 13.0. The number of hydrogen-bond acceptors (Lipinski definition) is 6. The van der Waals surface area contributed by atoms with E-state index in [2.05, 4.69) is 20.8 Å². The van der Waals surface area contributed by atoms with Gasteiger partial charge in [-0.05, 0) is 54.6 Å². The topological polar surface area (TPSA) is 96.5 Å². The Morgan fingerprint density at radius 3 is 2.70 bits per heavy atom. The zero-order valence-electron chi connectivity index (χ0n) is 14.5. The Bertz CT molecular complexity index is 1010. The van der Waals surface area contributed by atoms with Gasteiger partial charge < -0.3 is 5.32 Å². The van der Waals surface area contributed by atoms with E-state index in [4.69, 9.17) is 16.9 Å². The van der Waals surface area contributed by atoms with E-state index in [0.717, 1.165) is 11.3 Å². The van der Waals surface area contributed by atoms with Crippen molar-refractivity contribution in [3.63, 3.8) is 0 Å². The molecule has 0 radical (unpaired) electrons. The van der Waals surface area contributed by atoms with Gasteiger partial charge in [0, 0.05) is 5.69 Å². The molecule has 2 aromatic carbocycles. The Hall–Kier alpha value is -2.89. The maximum absolute atomic E-state index is 12.5. The number of thioether (sulfide) groups is 1. The van der Waals surface area contributed by atoms with Gasteiger partial charge in [-0.15, -0.1) is 5.10 Å². The lowest BCUT2D eigenvalue weighted by Crippen LogP contribution is -2.23. The van der Waals surface area contributed by atoms with Gasteiger partial charge in [-0.1, -0.05) is 41.1 Å². The van der Waals surface area contributed by atoms with E-state index in [9.17, 15) is 4.79 Å². The van der Waals surface area contributed by atoms with E-state index >= 15 is 0 Å². The number of aryl methyl sites for hydroxylation is 1. The molecule has 136 valence electrons. The predicted octanol–water partition coefficient (Wildman–Crippen LogP) is 3.62. The van der Waals surface area contributed by atoms with Crippen LogP contribution < -0.4 is 5.32 Å². The SMILES string of the molecule is Cc1ccc(-n2nnnc2SC(C)C(=O)Nc2ccc(C#N)c(Cl)c2)cc1. The van der Waals surface area contributed by atoms with Crippen LogP contribution in [0.25, 0.3) is 5.69 Å². The maximum atomic E-state index is 12.5. The smallest absolute Gasteiger partial charge is 0.237 e. The molecule has 1 heterocycles. The number of aromatic nitrogens is 4. The Morgan fingerprint density at radius 2 is 2.04 bits per heavy atom. The van der Waals surface area contributed by atoms with Crippen molar-refractivity contribution in [1.82, 2.24) is 20.2 Å². The molecule has 0 aliphatic rings. The van der Waals surface area contributed by atoms with E-state index in [0.29, 0.717) is 21.4 Å². The third kappa shape index (κ3) is 4.45. The van der Waals surface area contributed by atoms with Crippen LogP contribution in [-0.4, -0.2) is 31.4 Å². The standard InChI is InChI=1S/C18H15ClN6OS/c1-11-3-7-15(8-4-11)25-18(22-23-24-25)27-12(2)17(26)21-14-6-5-13(10-20)16(19)9-14/h3-9,12H,1-2H3,(H,21,26). The Labute approximate surface area is 165 Å². The molecule has 9 heteroatoms. The molecule has 1 amide bonds. The fraction of sp³-hybridized carbons (Fsp3) is 0.167. The highest BCUT2D eigenvalue weighted by atomic mass is 35.5. The summed E-state index contributed by atoms with van der Waals surface area (Å²) in [4.78, 5) is 12.5. The van der Waals surface area contributed by atoms with Gasteiger partial charge in [-0.25, -0.2) is 0 Å². The van der Waals surface area contributed by atoms with Gasteiger partial charge in [0.15, 0.2) is 0 Å². The molecule has 3 aromatic rings. The van der Waals surface area contributed by atoms with Crippen LogP contribution in [-0.2, 0) is 4.79 Å². The maximum Gasteiger partial charge on any atom is 0.237 e. The molecule has 0 fully saturated rings. The molecule has 0 aliphatic carbocycles. The van der Waals surface area contributed by atoms with Crippen molar-refractivity contribution in [2.24, 2.45) is 0 Å². The number of tetrazole rings is 1. The fourth-order valence-corrected chi connectivity index (χ4v) is 3.27. The average molecular weight is 399 g/mol. The summed E-state index contributed by atoms with van der Waals surface area (Å²) >= 11 is 7.24. The highest BCUT2D eigenvalue weighted by Crippen LogP contribution is 2.25. The minimum Gasteiger partial charge on any atom is -0.325 e. The number of anilines is 1. The van der Waals surface area contributed by atoms with Gasteiger partial charge in [-0.2, -0.15) is 9.94 Å². The van der Waals surface area contributed by atoms with Crippen LogP contribution in [0, 0.1) is 18.3 Å². The lowest BCUT2D eigenvalue weighted by atomic mass is 10.2. The van der Waals surface area contributed by atoms with E-state index in [-0.39, 0.29) is 5.91 Å². The molecule has 27 heavy (non-hydrogen) atoms. The molecule has 7 nitrogen and oxygen atoms in total. The van der Waals surface area contributed by atoms with Gasteiger partial charge in [-0.3, -0.25) is 4.79 Å². The summed E-state index contributed by atoms with van der Waals surface area (Å²) in [6.07, 6.45) is 0. The number of rotatable bonds is 5. The quantitative estimate of drug-likeness (QED) is 0.659. The second-order valence-electron chi connectivity index (χ2n) is 5.76. The van der Waals surface area contributed by atoms with E-state index in [1.54, 1.807) is 29.8 Å². The lowest BCUT2D eigenvalue weighted by molar-refractivity contribution is -0.115. The van der Waals surface area contributed by atoms with E-state index in [1.165, 1.54) is 11.8 Å². The second-order valence-corrected chi connectivity index (χ2v) is 7.48. The second kappa shape index (κ2) is 8.20. The highest BCUT2D eigenvalue weighted by Gasteiger charge is 2.19. The van der Waals surface area contributed by atoms with Gasteiger partial charge in [0.25, 0.3) is 0 Å². The molecule has 0 saturated heterocycles. The number of carbonyl (C=O) groups is 1. The van der Waals surface area contributed by atoms with Crippen LogP contribution in [0.5, 0.6) is 0 Å². The molecule has 1 N–H and O–H groups in total. The highest BCUT2D eigenvalue weighted by molar-refractivity contribution is 8.00. The lowest BCUT2D eigenvalue weighted by Gasteiger charge is -2.12.